The van der Waals surface area contributed by atoms with Gasteiger partial charge in [0.15, 0.2) is 11.5 Å². The summed E-state index contributed by atoms with van der Waals surface area (Å²) in [7, 11) is 0. The van der Waals surface area contributed by atoms with Crippen molar-refractivity contribution < 1.29 is 9.21 Å². The molecule has 0 atom stereocenters. The molecule has 0 aromatic carbocycles. The molecule has 0 unspecified atom stereocenters. The highest BCUT2D eigenvalue weighted by Crippen LogP contribution is 2.08. The maximum Gasteiger partial charge on any atom is 0.194 e. The first-order valence-corrected chi connectivity index (χ1v) is 2.55. The van der Waals surface area contributed by atoms with Crippen LogP contribution >= 0.6 is 0 Å². The van der Waals surface area contributed by atoms with Crippen LogP contribution in [0.3, 0.4) is 0 Å². The maximum atomic E-state index is 10.5. The van der Waals surface area contributed by atoms with Crippen molar-refractivity contribution in [1.82, 2.24) is 0 Å². The summed E-state index contributed by atoms with van der Waals surface area (Å²) < 4.78 is 4.75. The standard InChI is InChI=1S/C6H7NO2/c1-4(8)6-2-5(7)3-9-6/h2-3H,7H2,1H3. The number of nitrogens with two attached hydrogens (primary N) is 1. The fraction of sp³-hybridized carbons (Fsp3) is 0.167. The molecule has 0 aliphatic rings. The number of anilines is 1. The smallest absolute Gasteiger partial charge is 0.194 e. The van der Waals surface area contributed by atoms with Crippen molar-refractivity contribution in [3.63, 3.8) is 0 Å². The number of carbonyl (C=O) groups is 1. The number of nitrogen functional groups attached to an aromatic ring is 1. The molecule has 0 radical (unpaired) electrons. The SMILES string of the molecule is CC(=O)c1cc(N)co1. The van der Waals surface area contributed by atoms with Crippen molar-refractivity contribution in [2.24, 2.45) is 0 Å². The Balaban J connectivity index is 2.98. The fourth-order valence-corrected chi connectivity index (χ4v) is 0.536. The van der Waals surface area contributed by atoms with Crippen molar-refractivity contribution in [2.45, 2.75) is 6.92 Å². The summed E-state index contributed by atoms with van der Waals surface area (Å²) in [5, 5.41) is 0. The molecule has 0 bridgehead atoms. The van der Waals surface area contributed by atoms with Crippen molar-refractivity contribution in [3.05, 3.63) is 18.1 Å². The molecule has 3 heteroatoms. The Morgan fingerprint density at radius 1 is 1.78 bits per heavy atom. The third-order valence-corrected chi connectivity index (χ3v) is 0.967. The van der Waals surface area contributed by atoms with Crippen molar-refractivity contribution in [1.29, 1.82) is 0 Å². The summed E-state index contributed by atoms with van der Waals surface area (Å²) in [6, 6.07) is 1.50. The van der Waals surface area contributed by atoms with Gasteiger partial charge in [0.05, 0.1) is 5.69 Å². The second-order valence-electron chi connectivity index (χ2n) is 1.80. The Labute approximate surface area is 52.5 Å². The molecule has 0 aliphatic carbocycles. The van der Waals surface area contributed by atoms with Gasteiger partial charge < -0.3 is 10.2 Å². The molecule has 9 heavy (non-hydrogen) atoms. The Morgan fingerprint density at radius 2 is 2.44 bits per heavy atom. The van der Waals surface area contributed by atoms with E-state index in [1.807, 2.05) is 0 Å². The van der Waals surface area contributed by atoms with Crippen LogP contribution in [0.5, 0.6) is 0 Å². The van der Waals surface area contributed by atoms with Crippen LogP contribution in [-0.2, 0) is 0 Å². The van der Waals surface area contributed by atoms with Gasteiger partial charge in [-0.3, -0.25) is 4.79 Å². The van der Waals surface area contributed by atoms with E-state index in [9.17, 15) is 4.79 Å². The molecule has 3 nitrogen and oxygen atoms in total. The van der Waals surface area contributed by atoms with Gasteiger partial charge in [-0.2, -0.15) is 0 Å². The minimum absolute atomic E-state index is 0.105. The van der Waals surface area contributed by atoms with Crippen LogP contribution in [0.2, 0.25) is 0 Å². The summed E-state index contributed by atoms with van der Waals surface area (Å²) in [6.07, 6.45) is 1.34. The molecule has 1 aromatic rings. The molecule has 48 valence electrons. The highest BCUT2D eigenvalue weighted by Gasteiger charge is 2.01. The van der Waals surface area contributed by atoms with Gasteiger partial charge in [0.1, 0.15) is 6.26 Å². The van der Waals surface area contributed by atoms with E-state index in [1.54, 1.807) is 0 Å². The average molecular weight is 125 g/mol. The van der Waals surface area contributed by atoms with Crippen LogP contribution in [0.4, 0.5) is 5.69 Å². The Hall–Kier alpha value is -1.25. The zero-order valence-electron chi connectivity index (χ0n) is 5.05. The van der Waals surface area contributed by atoms with E-state index in [1.165, 1.54) is 19.3 Å². The summed E-state index contributed by atoms with van der Waals surface area (Å²) in [4.78, 5) is 10.5. The minimum atomic E-state index is -0.105. The average Bonchev–Trinajstić information content (AvgIpc) is 2.14. The van der Waals surface area contributed by atoms with Crippen LogP contribution in [0.15, 0.2) is 16.7 Å². The van der Waals surface area contributed by atoms with E-state index < -0.39 is 0 Å². The highest BCUT2D eigenvalue weighted by atomic mass is 16.3. The van der Waals surface area contributed by atoms with Gasteiger partial charge >= 0.3 is 0 Å². The molecule has 2 N–H and O–H groups in total. The summed E-state index contributed by atoms with van der Waals surface area (Å²) in [6.45, 7) is 1.43. The lowest BCUT2D eigenvalue weighted by molar-refractivity contribution is 0.0987. The van der Waals surface area contributed by atoms with E-state index in [0.29, 0.717) is 11.4 Å². The molecular formula is C6H7NO2. The monoisotopic (exact) mass is 125 g/mol. The van der Waals surface area contributed by atoms with E-state index in [4.69, 9.17) is 10.2 Å². The van der Waals surface area contributed by atoms with E-state index >= 15 is 0 Å². The molecule has 0 saturated carbocycles. The molecule has 1 aromatic heterocycles. The first-order chi connectivity index (χ1) is 4.20. The zero-order valence-corrected chi connectivity index (χ0v) is 5.05. The number of carbonyl (C=O) groups excluding carboxylic acids is 1. The number of hydrogen-bond donors (Lipinski definition) is 1. The normalized spacial score (nSPS) is 9.44. The van der Waals surface area contributed by atoms with Crippen LogP contribution < -0.4 is 5.73 Å². The zero-order chi connectivity index (χ0) is 6.85. The molecule has 0 amide bonds. The summed E-state index contributed by atoms with van der Waals surface area (Å²) >= 11 is 0. The topological polar surface area (TPSA) is 56.2 Å². The van der Waals surface area contributed by atoms with Crippen LogP contribution in [0.25, 0.3) is 0 Å². The molecule has 1 rings (SSSR count). The predicted molar refractivity (Wildman–Crippen MR) is 33.1 cm³/mol. The first kappa shape index (κ1) is 5.88. The van der Waals surface area contributed by atoms with E-state index in [0.717, 1.165) is 0 Å². The maximum absolute atomic E-state index is 10.5. The molecule has 1 heterocycles. The van der Waals surface area contributed by atoms with Crippen molar-refractivity contribution in [2.75, 3.05) is 5.73 Å². The van der Waals surface area contributed by atoms with Crippen molar-refractivity contribution >= 4 is 11.5 Å². The molecule has 0 saturated heterocycles. The quantitative estimate of drug-likeness (QED) is 0.571. The lowest BCUT2D eigenvalue weighted by atomic mass is 10.3. The Bertz CT molecular complexity index is 227. The molecule has 0 fully saturated rings. The Morgan fingerprint density at radius 3 is 2.67 bits per heavy atom. The third-order valence-electron chi connectivity index (χ3n) is 0.967. The predicted octanol–water partition coefficient (Wildman–Crippen LogP) is 1.06. The van der Waals surface area contributed by atoms with E-state index in [2.05, 4.69) is 0 Å². The van der Waals surface area contributed by atoms with Crippen LogP contribution in [0, 0.1) is 0 Å². The van der Waals surface area contributed by atoms with Gasteiger partial charge in [-0.25, -0.2) is 0 Å². The van der Waals surface area contributed by atoms with Gasteiger partial charge in [0, 0.05) is 13.0 Å². The third kappa shape index (κ3) is 1.10. The Kier molecular flexibility index (Phi) is 1.26. The summed E-state index contributed by atoms with van der Waals surface area (Å²) in [5.74, 6) is 0.208. The lowest BCUT2D eigenvalue weighted by Gasteiger charge is -1.80. The second-order valence-corrected chi connectivity index (χ2v) is 1.80. The largest absolute Gasteiger partial charge is 0.459 e. The van der Waals surface area contributed by atoms with E-state index in [-0.39, 0.29) is 5.78 Å². The second kappa shape index (κ2) is 1.93. The lowest BCUT2D eigenvalue weighted by Crippen LogP contribution is -1.86. The van der Waals surface area contributed by atoms with Gasteiger partial charge in [-0.05, 0) is 0 Å². The van der Waals surface area contributed by atoms with Crippen LogP contribution in [0.1, 0.15) is 17.5 Å². The molecule has 0 aliphatic heterocycles. The summed E-state index contributed by atoms with van der Waals surface area (Å²) in [5.41, 5.74) is 5.76. The highest BCUT2D eigenvalue weighted by molar-refractivity contribution is 5.92. The van der Waals surface area contributed by atoms with Crippen molar-refractivity contribution in [3.8, 4) is 0 Å². The first-order valence-electron chi connectivity index (χ1n) is 2.55. The van der Waals surface area contributed by atoms with Gasteiger partial charge in [0.25, 0.3) is 0 Å². The van der Waals surface area contributed by atoms with Crippen LogP contribution in [-0.4, -0.2) is 5.78 Å². The fourth-order valence-electron chi connectivity index (χ4n) is 0.536. The number of Topliss-reactive ketones (excluding diaryl/α,β-unsaturated/α-hetero) is 1. The number of rotatable bonds is 1. The number of furan rings is 1. The minimum Gasteiger partial charge on any atom is -0.459 e. The van der Waals surface area contributed by atoms with Gasteiger partial charge in [0.2, 0.25) is 0 Å². The molecule has 0 spiro atoms. The van der Waals surface area contributed by atoms with Gasteiger partial charge in [-0.15, -0.1) is 0 Å². The number of ketones is 1. The number of hydrogen-bond acceptors (Lipinski definition) is 3. The molecular weight excluding hydrogens is 118 g/mol. The van der Waals surface area contributed by atoms with Gasteiger partial charge in [-0.1, -0.05) is 0 Å².